The number of nitrogens with one attached hydrogen (secondary N) is 1. The Bertz CT molecular complexity index is 577. The lowest BCUT2D eigenvalue weighted by Gasteiger charge is -2.14. The topological polar surface area (TPSA) is 32.3 Å². The molecule has 1 fully saturated rings. The molecule has 2 nitrogen and oxygen atoms in total. The Labute approximate surface area is 122 Å². The maximum Gasteiger partial charge on any atom is 0.0636 e. The van der Waals surface area contributed by atoms with E-state index in [4.69, 9.17) is 16.7 Å². The van der Waals surface area contributed by atoms with Crippen LogP contribution in [0.3, 0.4) is 0 Å². The molecule has 0 radical (unpaired) electrons. The van der Waals surface area contributed by atoms with Crippen molar-refractivity contribution in [2.24, 2.45) is 5.41 Å². The molecular formula is C15H18ClNOS. The predicted molar refractivity (Wildman–Crippen MR) is 81.9 cm³/mol. The third-order valence-electron chi connectivity index (χ3n) is 3.99. The number of hydrogen-bond acceptors (Lipinski definition) is 3. The Morgan fingerprint density at radius 2 is 2.11 bits per heavy atom. The van der Waals surface area contributed by atoms with Crippen molar-refractivity contribution in [3.8, 4) is 0 Å². The van der Waals surface area contributed by atoms with Gasteiger partial charge in [-0.2, -0.15) is 0 Å². The number of halogens is 1. The molecule has 2 N–H and O–H groups in total. The summed E-state index contributed by atoms with van der Waals surface area (Å²) in [5, 5.41) is 14.6. The quantitative estimate of drug-likeness (QED) is 0.849. The van der Waals surface area contributed by atoms with Gasteiger partial charge in [-0.15, -0.1) is 11.3 Å². The van der Waals surface area contributed by atoms with Gasteiger partial charge in [0.25, 0.3) is 0 Å². The Morgan fingerprint density at radius 3 is 2.79 bits per heavy atom. The van der Waals surface area contributed by atoms with E-state index in [0.717, 1.165) is 29.9 Å². The summed E-state index contributed by atoms with van der Waals surface area (Å²) in [5.74, 6) is 0. The van der Waals surface area contributed by atoms with E-state index in [0.29, 0.717) is 12.0 Å². The summed E-state index contributed by atoms with van der Waals surface area (Å²) in [6, 6.07) is 8.26. The van der Waals surface area contributed by atoms with Gasteiger partial charge in [0.1, 0.15) is 0 Å². The van der Waals surface area contributed by atoms with Crippen molar-refractivity contribution < 1.29 is 5.11 Å². The van der Waals surface area contributed by atoms with Crippen LogP contribution in [0.1, 0.15) is 24.1 Å². The highest BCUT2D eigenvalue weighted by Gasteiger charge is 2.41. The van der Waals surface area contributed by atoms with Crippen LogP contribution in [0.15, 0.2) is 24.3 Å². The SMILES string of the molecule is OCCC1(CNCc2sc3ccccc3c2Cl)CC1. The average Bonchev–Trinajstić information content (AvgIpc) is 3.10. The lowest BCUT2D eigenvalue weighted by Crippen LogP contribution is -2.24. The minimum Gasteiger partial charge on any atom is -0.396 e. The standard InChI is InChI=1S/C15H18ClNOS/c16-14-11-3-1-2-4-12(11)19-13(14)9-17-10-15(5-6-15)7-8-18/h1-4,17-18H,5-10H2. The van der Waals surface area contributed by atoms with Crippen molar-refractivity contribution in [3.05, 3.63) is 34.2 Å². The van der Waals surface area contributed by atoms with E-state index in [9.17, 15) is 0 Å². The molecule has 1 aromatic carbocycles. The highest BCUT2D eigenvalue weighted by atomic mass is 35.5. The van der Waals surface area contributed by atoms with Gasteiger partial charge in [0.15, 0.2) is 0 Å². The minimum absolute atomic E-state index is 0.297. The molecule has 0 atom stereocenters. The fraction of sp³-hybridized carbons (Fsp3) is 0.467. The van der Waals surface area contributed by atoms with Crippen LogP contribution in [0.4, 0.5) is 0 Å². The van der Waals surface area contributed by atoms with Crippen LogP contribution in [-0.2, 0) is 6.54 Å². The second kappa shape index (κ2) is 5.41. The van der Waals surface area contributed by atoms with Crippen LogP contribution in [0.2, 0.25) is 5.02 Å². The lowest BCUT2D eigenvalue weighted by molar-refractivity contribution is 0.245. The summed E-state index contributed by atoms with van der Waals surface area (Å²) in [5.41, 5.74) is 0.359. The first-order chi connectivity index (χ1) is 9.24. The molecule has 1 aromatic heterocycles. The third kappa shape index (κ3) is 2.79. The van der Waals surface area contributed by atoms with Gasteiger partial charge >= 0.3 is 0 Å². The molecule has 1 heterocycles. The van der Waals surface area contributed by atoms with Gasteiger partial charge in [0.05, 0.1) is 5.02 Å². The van der Waals surface area contributed by atoms with Crippen molar-refractivity contribution in [1.82, 2.24) is 5.32 Å². The molecule has 3 rings (SSSR count). The van der Waals surface area contributed by atoms with Crippen molar-refractivity contribution >= 4 is 33.0 Å². The average molecular weight is 296 g/mol. The first-order valence-corrected chi connectivity index (χ1v) is 7.91. The van der Waals surface area contributed by atoms with Gasteiger partial charge in [-0.1, -0.05) is 29.8 Å². The minimum atomic E-state index is 0.297. The smallest absolute Gasteiger partial charge is 0.0636 e. The van der Waals surface area contributed by atoms with E-state index in [1.165, 1.54) is 22.4 Å². The zero-order valence-electron chi connectivity index (χ0n) is 10.8. The zero-order valence-corrected chi connectivity index (χ0v) is 12.4. The lowest BCUT2D eigenvalue weighted by atomic mass is 10.0. The third-order valence-corrected chi connectivity index (χ3v) is 5.70. The number of fused-ring (bicyclic) bond motifs is 1. The van der Waals surface area contributed by atoms with Gasteiger partial charge in [-0.05, 0) is 30.7 Å². The van der Waals surface area contributed by atoms with Gasteiger partial charge in [0, 0.05) is 34.7 Å². The van der Waals surface area contributed by atoms with Gasteiger partial charge < -0.3 is 10.4 Å². The maximum absolute atomic E-state index is 9.05. The van der Waals surface area contributed by atoms with E-state index in [1.807, 2.05) is 12.1 Å². The fourth-order valence-corrected chi connectivity index (χ4v) is 4.02. The second-order valence-corrected chi connectivity index (χ2v) is 6.93. The van der Waals surface area contributed by atoms with E-state index in [2.05, 4.69) is 17.4 Å². The molecule has 0 bridgehead atoms. The summed E-state index contributed by atoms with van der Waals surface area (Å²) < 4.78 is 1.25. The number of rotatable bonds is 6. The summed E-state index contributed by atoms with van der Waals surface area (Å²) >= 11 is 8.18. The molecule has 0 spiro atoms. The summed E-state index contributed by atoms with van der Waals surface area (Å²) in [6.07, 6.45) is 3.39. The summed E-state index contributed by atoms with van der Waals surface area (Å²) in [7, 11) is 0. The van der Waals surface area contributed by atoms with Crippen molar-refractivity contribution in [1.29, 1.82) is 0 Å². The second-order valence-electron chi connectivity index (χ2n) is 5.41. The fourth-order valence-electron chi connectivity index (χ4n) is 2.55. The van der Waals surface area contributed by atoms with Gasteiger partial charge in [0.2, 0.25) is 0 Å². The molecule has 1 aliphatic rings. The number of hydrogen-bond donors (Lipinski definition) is 2. The molecule has 102 valence electrons. The van der Waals surface area contributed by atoms with Crippen LogP contribution in [0, 0.1) is 5.41 Å². The van der Waals surface area contributed by atoms with Crippen molar-refractivity contribution in [2.75, 3.05) is 13.2 Å². The van der Waals surface area contributed by atoms with Crippen molar-refractivity contribution in [3.63, 3.8) is 0 Å². The molecule has 4 heteroatoms. The van der Waals surface area contributed by atoms with Crippen molar-refractivity contribution in [2.45, 2.75) is 25.8 Å². The monoisotopic (exact) mass is 295 g/mol. The Hall–Kier alpha value is -0.610. The molecule has 19 heavy (non-hydrogen) atoms. The number of aliphatic hydroxyl groups excluding tert-OH is 1. The molecule has 0 unspecified atom stereocenters. The van der Waals surface area contributed by atoms with E-state index in [1.54, 1.807) is 11.3 Å². The molecule has 2 aromatic rings. The summed E-state index contributed by atoms with van der Waals surface area (Å²) in [4.78, 5) is 1.21. The highest BCUT2D eigenvalue weighted by Crippen LogP contribution is 2.48. The van der Waals surface area contributed by atoms with Crippen LogP contribution >= 0.6 is 22.9 Å². The molecule has 0 amide bonds. The molecule has 1 saturated carbocycles. The number of thiophene rings is 1. The largest absolute Gasteiger partial charge is 0.396 e. The highest BCUT2D eigenvalue weighted by molar-refractivity contribution is 7.19. The Balaban J connectivity index is 1.64. The first kappa shape index (κ1) is 13.4. The predicted octanol–water partition coefficient (Wildman–Crippen LogP) is 3.81. The number of benzene rings is 1. The molecule has 0 saturated heterocycles. The molecular weight excluding hydrogens is 278 g/mol. The van der Waals surface area contributed by atoms with E-state index >= 15 is 0 Å². The molecule has 0 aliphatic heterocycles. The summed E-state index contributed by atoms with van der Waals surface area (Å²) in [6.45, 7) is 2.11. The maximum atomic E-state index is 9.05. The van der Waals surface area contributed by atoms with E-state index in [-0.39, 0.29) is 0 Å². The molecule has 1 aliphatic carbocycles. The van der Waals surface area contributed by atoms with Crippen LogP contribution in [-0.4, -0.2) is 18.3 Å². The normalized spacial score (nSPS) is 16.9. The van der Waals surface area contributed by atoms with Crippen LogP contribution in [0.25, 0.3) is 10.1 Å². The zero-order chi connectivity index (χ0) is 13.3. The van der Waals surface area contributed by atoms with Gasteiger partial charge in [-0.25, -0.2) is 0 Å². The Morgan fingerprint density at radius 1 is 1.32 bits per heavy atom. The van der Waals surface area contributed by atoms with Crippen LogP contribution < -0.4 is 5.32 Å². The Kier molecular flexibility index (Phi) is 3.81. The number of aliphatic hydroxyl groups is 1. The van der Waals surface area contributed by atoms with Crippen LogP contribution in [0.5, 0.6) is 0 Å². The van der Waals surface area contributed by atoms with E-state index < -0.39 is 0 Å². The first-order valence-electron chi connectivity index (χ1n) is 6.72. The van der Waals surface area contributed by atoms with Gasteiger partial charge in [-0.3, -0.25) is 0 Å².